The average Bonchev–Trinajstić information content (AvgIpc) is 3.01. The molecule has 1 aliphatic rings. The smallest absolute Gasteiger partial charge is 0.435 e. The third-order valence-corrected chi connectivity index (χ3v) is 7.27. The highest BCUT2D eigenvalue weighted by molar-refractivity contribution is 7.57. The van der Waals surface area contributed by atoms with Crippen molar-refractivity contribution in [2.45, 2.75) is 45.1 Å². The molecular formula is C19H30N2O5P+. The molecule has 3 atom stereocenters. The molecule has 0 aliphatic carbocycles. The lowest BCUT2D eigenvalue weighted by Crippen LogP contribution is -2.62. The van der Waals surface area contributed by atoms with E-state index in [2.05, 4.69) is 0 Å². The summed E-state index contributed by atoms with van der Waals surface area (Å²) in [6.07, 6.45) is 2.15. The molecule has 0 aromatic heterocycles. The summed E-state index contributed by atoms with van der Waals surface area (Å²) in [5.74, 6) is 0. The van der Waals surface area contributed by atoms with E-state index in [1.165, 1.54) is 12.6 Å². The van der Waals surface area contributed by atoms with Crippen molar-refractivity contribution in [3.63, 3.8) is 0 Å². The lowest BCUT2D eigenvalue weighted by atomic mass is 10.1. The fourth-order valence-electron chi connectivity index (χ4n) is 3.83. The molecule has 1 fully saturated rings. The van der Waals surface area contributed by atoms with Crippen LogP contribution in [0, 0.1) is 0 Å². The minimum absolute atomic E-state index is 0.125. The number of urea groups is 1. The van der Waals surface area contributed by atoms with Crippen LogP contribution >= 0.6 is 7.37 Å². The highest BCUT2D eigenvalue weighted by atomic mass is 31.2. The number of quaternary nitrogens is 1. The second kappa shape index (κ2) is 9.00. The van der Waals surface area contributed by atoms with Gasteiger partial charge in [0, 0.05) is 26.1 Å². The maximum Gasteiger partial charge on any atom is 0.523 e. The second-order valence-corrected chi connectivity index (χ2v) is 9.92. The van der Waals surface area contributed by atoms with E-state index >= 15 is 0 Å². The number of benzene rings is 1. The Morgan fingerprint density at radius 1 is 1.26 bits per heavy atom. The number of likely N-dealkylation sites (tertiary alicyclic amines) is 1. The Morgan fingerprint density at radius 3 is 2.48 bits per heavy atom. The van der Waals surface area contributed by atoms with Crippen LogP contribution in [0.1, 0.15) is 38.2 Å². The third kappa shape index (κ3) is 5.18. The molecule has 1 aliphatic heterocycles. The fraction of sp³-hybridized carbons (Fsp3) is 0.579. The van der Waals surface area contributed by atoms with Gasteiger partial charge in [-0.15, -0.1) is 4.48 Å². The highest BCUT2D eigenvalue weighted by Gasteiger charge is 2.55. The number of unbranched alkanes of at least 4 members (excludes halogenated alkanes) is 1. The first-order chi connectivity index (χ1) is 12.7. The van der Waals surface area contributed by atoms with Crippen LogP contribution in [-0.4, -0.2) is 63.6 Å². The third-order valence-electron chi connectivity index (χ3n) is 5.39. The number of rotatable bonds is 7. The van der Waals surface area contributed by atoms with E-state index in [-0.39, 0.29) is 25.0 Å². The van der Waals surface area contributed by atoms with Crippen LogP contribution in [0.3, 0.4) is 0 Å². The minimum atomic E-state index is -3.54. The quantitative estimate of drug-likeness (QED) is 0.412. The number of carboxylic acid groups (broad SMARTS) is 1. The zero-order valence-electron chi connectivity index (χ0n) is 16.1. The molecule has 3 amide bonds. The van der Waals surface area contributed by atoms with Gasteiger partial charge in [0.1, 0.15) is 12.3 Å². The van der Waals surface area contributed by atoms with Crippen molar-refractivity contribution in [1.29, 1.82) is 0 Å². The summed E-state index contributed by atoms with van der Waals surface area (Å²) in [5, 5.41) is 9.63. The minimum Gasteiger partial charge on any atom is -0.435 e. The standard InChI is InChI=1S/C19H29N2O5P/c1-16-9-8-13-21(16,19(23)24)18(22)20(2)15-27(25,26)14-7-6-12-17-10-4-3-5-11-17/h3-5,10-11,16H,6-9,12-15H2,1-2H3,(H-,23,24,25,26)/p+1/t16-,21?/m1/s1. The molecule has 7 nitrogen and oxygen atoms in total. The summed E-state index contributed by atoms with van der Waals surface area (Å²) in [6.45, 7) is 1.97. The van der Waals surface area contributed by atoms with E-state index in [1.807, 2.05) is 30.3 Å². The Hall–Kier alpha value is -1.69. The van der Waals surface area contributed by atoms with Gasteiger partial charge < -0.3 is 10.00 Å². The number of imide groups is 1. The Balaban J connectivity index is 1.89. The van der Waals surface area contributed by atoms with E-state index in [0.717, 1.165) is 17.7 Å². The number of aryl methyl sites for hydroxylation is 1. The van der Waals surface area contributed by atoms with Gasteiger partial charge in [0.25, 0.3) is 0 Å². The van der Waals surface area contributed by atoms with E-state index in [9.17, 15) is 24.2 Å². The van der Waals surface area contributed by atoms with Crippen molar-refractivity contribution >= 4 is 19.5 Å². The molecule has 0 bridgehead atoms. The van der Waals surface area contributed by atoms with Gasteiger partial charge in [0.15, 0.2) is 0 Å². The van der Waals surface area contributed by atoms with E-state index in [1.54, 1.807) is 6.92 Å². The Bertz CT molecular complexity index is 711. The number of carbonyl (C=O) groups is 2. The van der Waals surface area contributed by atoms with Crippen molar-refractivity contribution in [1.82, 2.24) is 4.90 Å². The Morgan fingerprint density at radius 2 is 1.93 bits per heavy atom. The van der Waals surface area contributed by atoms with Crippen LogP contribution in [0.2, 0.25) is 0 Å². The van der Waals surface area contributed by atoms with Gasteiger partial charge in [0.2, 0.25) is 7.37 Å². The molecule has 27 heavy (non-hydrogen) atoms. The first-order valence-electron chi connectivity index (χ1n) is 9.41. The Labute approximate surface area is 160 Å². The van der Waals surface area contributed by atoms with Gasteiger partial charge >= 0.3 is 12.1 Å². The second-order valence-electron chi connectivity index (χ2n) is 7.50. The number of hydrogen-bond donors (Lipinski definition) is 2. The summed E-state index contributed by atoms with van der Waals surface area (Å²) < 4.78 is 11.8. The SMILES string of the molecule is C[C@@H]1CCC[N+]1(C(=O)O)C(=O)N(C)CP(=O)(O)CCCCc1ccccc1. The van der Waals surface area contributed by atoms with Crippen molar-refractivity contribution < 1.29 is 28.6 Å². The van der Waals surface area contributed by atoms with E-state index in [0.29, 0.717) is 19.3 Å². The number of nitrogens with zero attached hydrogens (tertiary/aromatic N) is 2. The van der Waals surface area contributed by atoms with Crippen LogP contribution in [0.25, 0.3) is 0 Å². The summed E-state index contributed by atoms with van der Waals surface area (Å²) in [4.78, 5) is 36.0. The number of carbonyl (C=O) groups excluding carboxylic acids is 1. The van der Waals surface area contributed by atoms with Gasteiger partial charge in [-0.1, -0.05) is 30.3 Å². The van der Waals surface area contributed by atoms with Gasteiger partial charge in [-0.25, -0.2) is 4.79 Å². The summed E-state index contributed by atoms with van der Waals surface area (Å²) in [6, 6.07) is 8.99. The lowest BCUT2D eigenvalue weighted by molar-refractivity contribution is -0.790. The normalized spacial score (nSPS) is 24.3. The van der Waals surface area contributed by atoms with Crippen LogP contribution in [0.5, 0.6) is 0 Å². The molecule has 2 rings (SSSR count). The molecule has 1 heterocycles. The average molecular weight is 397 g/mol. The van der Waals surface area contributed by atoms with Crippen molar-refractivity contribution in [3.05, 3.63) is 35.9 Å². The first kappa shape index (κ1) is 21.6. The van der Waals surface area contributed by atoms with Gasteiger partial charge in [-0.2, -0.15) is 4.79 Å². The molecule has 150 valence electrons. The zero-order chi connectivity index (χ0) is 20.1. The summed E-state index contributed by atoms with van der Waals surface area (Å²) >= 11 is 0. The topological polar surface area (TPSA) is 94.9 Å². The monoisotopic (exact) mass is 397 g/mol. The fourth-order valence-corrected chi connectivity index (χ4v) is 5.47. The molecule has 0 saturated carbocycles. The highest BCUT2D eigenvalue weighted by Crippen LogP contribution is 2.43. The van der Waals surface area contributed by atoms with Gasteiger partial charge in [0.05, 0.1) is 6.54 Å². The van der Waals surface area contributed by atoms with Crippen LogP contribution in [0.15, 0.2) is 30.3 Å². The maximum atomic E-state index is 12.8. The maximum absolute atomic E-state index is 12.8. The molecule has 2 N–H and O–H groups in total. The molecule has 8 heteroatoms. The van der Waals surface area contributed by atoms with Gasteiger partial charge in [-0.3, -0.25) is 9.46 Å². The molecular weight excluding hydrogens is 367 g/mol. The largest absolute Gasteiger partial charge is 0.523 e. The number of amides is 3. The predicted molar refractivity (Wildman–Crippen MR) is 104 cm³/mol. The van der Waals surface area contributed by atoms with E-state index < -0.39 is 24.0 Å². The van der Waals surface area contributed by atoms with Crippen LogP contribution in [-0.2, 0) is 11.0 Å². The molecule has 0 radical (unpaired) electrons. The van der Waals surface area contributed by atoms with Crippen LogP contribution < -0.4 is 0 Å². The molecule has 2 unspecified atom stereocenters. The van der Waals surface area contributed by atoms with Crippen molar-refractivity contribution in [2.24, 2.45) is 0 Å². The first-order valence-corrected chi connectivity index (χ1v) is 11.4. The molecule has 1 aromatic carbocycles. The number of hydrogen-bond acceptors (Lipinski definition) is 3. The summed E-state index contributed by atoms with van der Waals surface area (Å²) in [7, 11) is -2.12. The van der Waals surface area contributed by atoms with E-state index in [4.69, 9.17) is 0 Å². The lowest BCUT2D eigenvalue weighted by Gasteiger charge is -2.33. The van der Waals surface area contributed by atoms with Crippen molar-refractivity contribution in [3.8, 4) is 0 Å². The van der Waals surface area contributed by atoms with Crippen molar-refractivity contribution in [2.75, 3.05) is 26.0 Å². The molecule has 1 saturated heterocycles. The molecule has 0 spiro atoms. The molecule has 1 aromatic rings. The zero-order valence-corrected chi connectivity index (χ0v) is 17.0. The Kier molecular flexibility index (Phi) is 7.20. The van der Waals surface area contributed by atoms with Gasteiger partial charge in [-0.05, 0) is 31.7 Å². The summed E-state index contributed by atoms with van der Waals surface area (Å²) in [5.41, 5.74) is 1.19. The van der Waals surface area contributed by atoms with Crippen LogP contribution in [0.4, 0.5) is 9.59 Å². The predicted octanol–water partition coefficient (Wildman–Crippen LogP) is 3.97.